The first kappa shape index (κ1) is 34.1. The van der Waals surface area contributed by atoms with Crippen LogP contribution in [0.3, 0.4) is 0 Å². The van der Waals surface area contributed by atoms with Gasteiger partial charge in [-0.25, -0.2) is 9.59 Å². The number of hydrazone groups is 1. The summed E-state index contributed by atoms with van der Waals surface area (Å²) in [4.78, 5) is 24.6. The van der Waals surface area contributed by atoms with Crippen LogP contribution in [-0.2, 0) is 16.1 Å². The molecule has 11 nitrogen and oxygen atoms in total. The molecule has 3 aromatic rings. The zero-order valence-electron chi connectivity index (χ0n) is 25.1. The molecule has 2 amide bonds. The van der Waals surface area contributed by atoms with Crippen LogP contribution in [0.2, 0.25) is 0 Å². The van der Waals surface area contributed by atoms with Crippen LogP contribution < -0.4 is 30.3 Å². The van der Waals surface area contributed by atoms with Crippen molar-refractivity contribution in [1.82, 2.24) is 16.1 Å². The number of hydrogen-bond donors (Lipinski definition) is 4. The molecule has 0 radical (unpaired) electrons. The topological polar surface area (TPSA) is 140 Å². The van der Waals surface area contributed by atoms with Crippen LogP contribution in [-0.4, -0.2) is 49.9 Å². The van der Waals surface area contributed by atoms with E-state index < -0.39 is 24.3 Å². The van der Waals surface area contributed by atoms with Crippen LogP contribution in [0, 0.1) is 10.5 Å². The normalized spacial score (nSPS) is 15.3. The summed E-state index contributed by atoms with van der Waals surface area (Å²) in [6.45, 7) is 6.15. The number of methoxy groups -OCH3 is 1. The highest BCUT2D eigenvalue weighted by Crippen LogP contribution is 2.35. The van der Waals surface area contributed by atoms with Crippen LogP contribution in [0.1, 0.15) is 42.1 Å². The monoisotopic (exact) mass is 792 g/mol. The summed E-state index contributed by atoms with van der Waals surface area (Å²) in [5.41, 5.74) is 6.99. The van der Waals surface area contributed by atoms with Gasteiger partial charge in [0.15, 0.2) is 17.7 Å². The van der Waals surface area contributed by atoms with Crippen LogP contribution in [0.5, 0.6) is 17.2 Å². The van der Waals surface area contributed by atoms with Crippen LogP contribution in [0.25, 0.3) is 0 Å². The van der Waals surface area contributed by atoms with Gasteiger partial charge in [0.05, 0.1) is 39.6 Å². The second-order valence-corrected chi connectivity index (χ2v) is 12.0. The third kappa shape index (κ3) is 9.11. The Kier molecular flexibility index (Phi) is 12.1. The standard InChI is InChI=1S/C32H34BrIN4O7/c1-5-43-26-14-22(29-28(31(40)42-4)19(3)36-32(41)37-29)10-11-25(26)44-17-27(39)38-35-15-21-12-23(33)30(24(34)13-21)45-16-20-8-6-18(2)7-9-20/h6-15,27,29,38-39H,5,16-17H2,1-4H3,(H2,36,37,41)/b35-15-/t27-,29-/m1/s1. The highest BCUT2D eigenvalue weighted by molar-refractivity contribution is 14.1. The number of carbonyl (C=O) groups is 2. The molecule has 13 heteroatoms. The second-order valence-electron chi connectivity index (χ2n) is 10.0. The van der Waals surface area contributed by atoms with E-state index in [4.69, 9.17) is 18.9 Å². The predicted octanol–water partition coefficient (Wildman–Crippen LogP) is 5.46. The summed E-state index contributed by atoms with van der Waals surface area (Å²) >= 11 is 5.79. The van der Waals surface area contributed by atoms with Crippen molar-refractivity contribution in [1.29, 1.82) is 0 Å². The number of benzene rings is 3. The maximum Gasteiger partial charge on any atom is 0.337 e. The minimum Gasteiger partial charge on any atom is -0.490 e. The average molecular weight is 793 g/mol. The minimum absolute atomic E-state index is 0.139. The molecule has 4 rings (SSSR count). The van der Waals surface area contributed by atoms with Gasteiger partial charge in [0.2, 0.25) is 0 Å². The number of carbonyl (C=O) groups excluding carboxylic acids is 2. The van der Waals surface area contributed by atoms with Crippen molar-refractivity contribution in [3.63, 3.8) is 0 Å². The Labute approximate surface area is 283 Å². The van der Waals surface area contributed by atoms with Crippen molar-refractivity contribution in [3.8, 4) is 17.2 Å². The van der Waals surface area contributed by atoms with E-state index in [1.54, 1.807) is 31.3 Å². The molecule has 45 heavy (non-hydrogen) atoms. The molecule has 238 valence electrons. The zero-order chi connectivity index (χ0) is 32.5. The molecule has 1 heterocycles. The van der Waals surface area contributed by atoms with E-state index in [9.17, 15) is 14.7 Å². The molecule has 1 aliphatic rings. The lowest BCUT2D eigenvalue weighted by Gasteiger charge is -2.28. The smallest absolute Gasteiger partial charge is 0.337 e. The van der Waals surface area contributed by atoms with Crippen LogP contribution >= 0.6 is 38.5 Å². The molecule has 1 aliphatic heterocycles. The Balaban J connectivity index is 1.37. The van der Waals surface area contributed by atoms with E-state index in [1.807, 2.05) is 38.1 Å². The number of nitrogens with zero attached hydrogens (tertiary/aromatic N) is 1. The van der Waals surface area contributed by atoms with Crippen molar-refractivity contribution in [2.24, 2.45) is 5.10 Å². The van der Waals surface area contributed by atoms with Crippen molar-refractivity contribution in [3.05, 3.63) is 96.2 Å². The van der Waals surface area contributed by atoms with Crippen LogP contribution in [0.4, 0.5) is 4.79 Å². The Morgan fingerprint density at radius 3 is 2.56 bits per heavy atom. The van der Waals surface area contributed by atoms with Gasteiger partial charge < -0.3 is 34.7 Å². The minimum atomic E-state index is -1.13. The lowest BCUT2D eigenvalue weighted by molar-refractivity contribution is -0.136. The summed E-state index contributed by atoms with van der Waals surface area (Å²) in [5.74, 6) is 0.915. The molecule has 3 aromatic carbocycles. The molecule has 0 saturated heterocycles. The number of hydrogen-bond acceptors (Lipinski definition) is 9. The number of aliphatic hydroxyl groups excluding tert-OH is 1. The van der Waals surface area contributed by atoms with E-state index in [2.05, 4.69) is 71.8 Å². The molecule has 0 aromatic heterocycles. The number of aryl methyl sites for hydroxylation is 1. The van der Waals surface area contributed by atoms with Gasteiger partial charge in [0.25, 0.3) is 0 Å². The lowest BCUT2D eigenvalue weighted by Crippen LogP contribution is -2.45. The fourth-order valence-corrected chi connectivity index (χ4v) is 6.22. The number of allylic oxidation sites excluding steroid dienone is 1. The molecule has 0 bridgehead atoms. The highest BCUT2D eigenvalue weighted by atomic mass is 127. The van der Waals surface area contributed by atoms with Crippen molar-refractivity contribution >= 4 is 56.7 Å². The largest absolute Gasteiger partial charge is 0.490 e. The fourth-order valence-electron chi connectivity index (χ4n) is 4.45. The molecule has 0 spiro atoms. The SMILES string of the molecule is CCOc1cc([C@H]2NC(=O)NC(C)=C2C(=O)OC)ccc1OC[C@@H](O)N/N=C\c1cc(Br)c(OCc2ccc(C)cc2)c(I)c1. The van der Waals surface area contributed by atoms with Gasteiger partial charge in [-0.2, -0.15) is 5.10 Å². The van der Waals surface area contributed by atoms with Crippen molar-refractivity contribution in [2.45, 2.75) is 39.6 Å². The number of aliphatic hydroxyl groups is 1. The third-order valence-corrected chi connectivity index (χ3v) is 8.02. The Morgan fingerprint density at radius 2 is 1.87 bits per heavy atom. The number of ether oxygens (including phenoxy) is 4. The summed E-state index contributed by atoms with van der Waals surface area (Å²) in [7, 11) is 1.28. The van der Waals surface area contributed by atoms with Gasteiger partial charge in [-0.05, 0) is 100 Å². The average Bonchev–Trinajstić information content (AvgIpc) is 3.00. The first-order valence-electron chi connectivity index (χ1n) is 14.0. The van der Waals surface area contributed by atoms with Crippen molar-refractivity contribution in [2.75, 3.05) is 20.3 Å². The van der Waals surface area contributed by atoms with E-state index >= 15 is 0 Å². The van der Waals surface area contributed by atoms with E-state index in [-0.39, 0.29) is 12.2 Å². The first-order valence-corrected chi connectivity index (χ1v) is 15.9. The molecule has 0 aliphatic carbocycles. The van der Waals surface area contributed by atoms with Gasteiger partial charge in [-0.15, -0.1) is 0 Å². The summed E-state index contributed by atoms with van der Waals surface area (Å²) in [6.07, 6.45) is 0.456. The number of nitrogens with one attached hydrogen (secondary N) is 3. The van der Waals surface area contributed by atoms with Gasteiger partial charge in [0.1, 0.15) is 19.0 Å². The number of esters is 1. The van der Waals surface area contributed by atoms with E-state index in [0.29, 0.717) is 36.0 Å². The Hall–Kier alpha value is -3.82. The summed E-state index contributed by atoms with van der Waals surface area (Å²) in [6, 6.07) is 15.8. The van der Waals surface area contributed by atoms with E-state index in [1.165, 1.54) is 12.7 Å². The number of halogens is 2. The first-order chi connectivity index (χ1) is 21.6. The lowest BCUT2D eigenvalue weighted by atomic mass is 9.95. The molecule has 2 atom stereocenters. The zero-order valence-corrected chi connectivity index (χ0v) is 28.9. The predicted molar refractivity (Wildman–Crippen MR) is 181 cm³/mol. The highest BCUT2D eigenvalue weighted by Gasteiger charge is 2.32. The molecule has 0 fully saturated rings. The number of amides is 2. The quantitative estimate of drug-likeness (QED) is 0.0589. The van der Waals surface area contributed by atoms with Crippen molar-refractivity contribution < 1.29 is 33.6 Å². The summed E-state index contributed by atoms with van der Waals surface area (Å²) < 4.78 is 24.2. The molecule has 0 saturated carbocycles. The Morgan fingerprint density at radius 1 is 1.11 bits per heavy atom. The maximum absolute atomic E-state index is 12.4. The van der Waals surface area contributed by atoms with Gasteiger partial charge in [-0.1, -0.05) is 35.9 Å². The van der Waals surface area contributed by atoms with E-state index in [0.717, 1.165) is 24.9 Å². The molecular weight excluding hydrogens is 759 g/mol. The fraction of sp³-hybridized carbons (Fsp3) is 0.281. The maximum atomic E-state index is 12.4. The summed E-state index contributed by atoms with van der Waals surface area (Å²) in [5, 5.41) is 20.0. The second kappa shape index (κ2) is 16.0. The molecule has 0 unspecified atom stereocenters. The third-order valence-electron chi connectivity index (χ3n) is 6.63. The molecular formula is C32H34BrIN4O7. The number of urea groups is 1. The molecule has 4 N–H and O–H groups in total. The number of rotatable bonds is 13. The Bertz CT molecular complexity index is 1570. The van der Waals surface area contributed by atoms with Gasteiger partial charge in [-0.3, -0.25) is 5.43 Å². The van der Waals surface area contributed by atoms with Crippen LogP contribution in [0.15, 0.2) is 75.4 Å². The van der Waals surface area contributed by atoms with Gasteiger partial charge >= 0.3 is 12.0 Å². The van der Waals surface area contributed by atoms with Gasteiger partial charge in [0, 0.05) is 5.70 Å².